The average Bonchev–Trinajstić information content (AvgIpc) is 3.63. The van der Waals surface area contributed by atoms with E-state index < -0.39 is 5.89 Å². The number of imidazole rings is 1. The van der Waals surface area contributed by atoms with Gasteiger partial charge in [0.1, 0.15) is 11.6 Å². The number of aromatic hydroxyl groups is 1. The first-order chi connectivity index (χ1) is 28.6. The van der Waals surface area contributed by atoms with Crippen LogP contribution in [0.5, 0.6) is 5.75 Å². The summed E-state index contributed by atoms with van der Waals surface area (Å²) >= 11 is 0. The van der Waals surface area contributed by atoms with Gasteiger partial charge in [0, 0.05) is 40.0 Å². The fourth-order valence-corrected chi connectivity index (χ4v) is 8.01. The summed E-state index contributed by atoms with van der Waals surface area (Å²) in [5.74, 6) is 0.308. The van der Waals surface area contributed by atoms with Crippen molar-refractivity contribution in [1.29, 1.82) is 0 Å². The van der Waals surface area contributed by atoms with Gasteiger partial charge in [-0.05, 0) is 92.4 Å². The second-order valence-electron chi connectivity index (χ2n) is 17.6. The van der Waals surface area contributed by atoms with Gasteiger partial charge in [-0.25, -0.2) is 4.98 Å². The van der Waals surface area contributed by atoms with Gasteiger partial charge in [-0.1, -0.05) is 164 Å². The summed E-state index contributed by atoms with van der Waals surface area (Å²) in [4.78, 5) is 10.4. The van der Waals surface area contributed by atoms with Crippen molar-refractivity contribution in [3.05, 3.63) is 168 Å². The second-order valence-corrected chi connectivity index (χ2v) is 17.6. The number of para-hydroxylation sites is 1. The summed E-state index contributed by atoms with van der Waals surface area (Å²) < 4.78 is 11.5. The summed E-state index contributed by atoms with van der Waals surface area (Å²) in [6.07, 6.45) is 1.88. The molecule has 2 heterocycles. The van der Waals surface area contributed by atoms with Crippen LogP contribution in [0.3, 0.4) is 0 Å². The number of hydrogen-bond donors (Lipinski definition) is 1. The summed E-state index contributed by atoms with van der Waals surface area (Å²) in [5, 5.41) is 12.2. The van der Waals surface area contributed by atoms with Crippen molar-refractivity contribution in [3.63, 3.8) is 0 Å². The molecule has 0 aliphatic carbocycles. The molecule has 4 nitrogen and oxygen atoms in total. The van der Waals surface area contributed by atoms with Crippen LogP contribution in [0.25, 0.3) is 72.7 Å². The normalized spacial score (nSPS) is 12.2. The average molecular weight is 969 g/mol. The Bertz CT molecular complexity index is 2850. The van der Waals surface area contributed by atoms with Crippen molar-refractivity contribution in [2.45, 2.75) is 85.5 Å². The zero-order valence-electron chi connectivity index (χ0n) is 37.0. The third-order valence-electron chi connectivity index (χ3n) is 11.4. The van der Waals surface area contributed by atoms with E-state index >= 15 is 0 Å². The van der Waals surface area contributed by atoms with E-state index in [4.69, 9.17) is 9.97 Å². The molecule has 0 radical (unpaired) electrons. The Balaban J connectivity index is 0.00000561. The van der Waals surface area contributed by atoms with Crippen molar-refractivity contribution >= 4 is 11.0 Å². The van der Waals surface area contributed by atoms with Crippen molar-refractivity contribution in [1.82, 2.24) is 14.5 Å². The number of aromatic nitrogens is 3. The molecule has 2 aromatic heterocycles. The van der Waals surface area contributed by atoms with E-state index in [0.717, 1.165) is 83.6 Å². The van der Waals surface area contributed by atoms with Gasteiger partial charge in [0.25, 0.3) is 0 Å². The van der Waals surface area contributed by atoms with Crippen LogP contribution < -0.4 is 0 Å². The predicted molar refractivity (Wildman–Crippen MR) is 248 cm³/mol. The molecular weight excluding hydrogens is 914 g/mol. The SMILES string of the molecule is [2H]C(C)(C)c1cc(-n2c(-c3cc(C(C)C)cc(C(C)C)c3O)nc3c(-c4[c-]c(-c5cc(-c6ccccc6)ccn5)cc(C(C)(C)C)c4)cccc32)ccc1-c1ccccc1.[Pt]. The van der Waals surface area contributed by atoms with Gasteiger partial charge in [-0.15, -0.1) is 29.3 Å². The van der Waals surface area contributed by atoms with Crippen LogP contribution in [0.1, 0.15) is 104 Å². The first-order valence-corrected chi connectivity index (χ1v) is 20.8. The summed E-state index contributed by atoms with van der Waals surface area (Å²) in [7, 11) is 0. The first-order valence-electron chi connectivity index (χ1n) is 21.3. The molecule has 0 amide bonds. The largest absolute Gasteiger partial charge is 0.507 e. The van der Waals surface area contributed by atoms with E-state index in [-0.39, 0.29) is 44.1 Å². The molecule has 1 N–H and O–H groups in total. The Kier molecular flexibility index (Phi) is 11.8. The Morgan fingerprint density at radius 3 is 1.97 bits per heavy atom. The van der Waals surface area contributed by atoms with Gasteiger partial charge < -0.3 is 5.11 Å². The van der Waals surface area contributed by atoms with E-state index in [1.807, 2.05) is 44.3 Å². The van der Waals surface area contributed by atoms with Crippen molar-refractivity contribution in [2.75, 3.05) is 0 Å². The number of fused-ring (bicyclic) bond motifs is 1. The number of phenolic OH excluding ortho intramolecular Hbond substituents is 1. The van der Waals surface area contributed by atoms with Crippen LogP contribution in [0, 0.1) is 6.07 Å². The topological polar surface area (TPSA) is 50.9 Å². The number of hydrogen-bond acceptors (Lipinski definition) is 3. The molecule has 5 heteroatoms. The summed E-state index contributed by atoms with van der Waals surface area (Å²) in [6.45, 7) is 19.2. The molecule has 0 aliphatic rings. The molecule has 0 atom stereocenters. The number of phenols is 1. The van der Waals surface area contributed by atoms with Gasteiger partial charge in [0.15, 0.2) is 0 Å². The maximum atomic E-state index is 12.2. The van der Waals surface area contributed by atoms with Crippen molar-refractivity contribution < 1.29 is 27.5 Å². The smallest absolute Gasteiger partial charge is 0.148 e. The monoisotopic (exact) mass is 968 g/mol. The van der Waals surface area contributed by atoms with Gasteiger partial charge in [-0.2, -0.15) is 0 Å². The summed E-state index contributed by atoms with van der Waals surface area (Å²) in [5.41, 5.74) is 15.1. The molecule has 0 spiro atoms. The Hall–Kier alpha value is -5.57. The van der Waals surface area contributed by atoms with E-state index in [2.05, 4.69) is 168 Å². The summed E-state index contributed by atoms with van der Waals surface area (Å²) in [6, 6.07) is 50.1. The second kappa shape index (κ2) is 17.2. The Morgan fingerprint density at radius 1 is 0.633 bits per heavy atom. The van der Waals surface area contributed by atoms with E-state index in [1.165, 1.54) is 0 Å². The maximum absolute atomic E-state index is 12.2. The van der Waals surface area contributed by atoms with Gasteiger partial charge in [-0.3, -0.25) is 9.55 Å². The zero-order chi connectivity index (χ0) is 42.5. The van der Waals surface area contributed by atoms with Gasteiger partial charge >= 0.3 is 0 Å². The van der Waals surface area contributed by atoms with Gasteiger partial charge in [0.2, 0.25) is 0 Å². The zero-order valence-corrected chi connectivity index (χ0v) is 38.3. The van der Waals surface area contributed by atoms with E-state index in [9.17, 15) is 6.48 Å². The molecule has 306 valence electrons. The van der Waals surface area contributed by atoms with Gasteiger partial charge in [0.05, 0.1) is 16.6 Å². The predicted octanol–water partition coefficient (Wildman–Crippen LogP) is 14.9. The molecule has 0 saturated heterocycles. The Labute approximate surface area is 372 Å². The number of rotatable bonds is 9. The van der Waals surface area contributed by atoms with Crippen molar-refractivity contribution in [2.24, 2.45) is 0 Å². The van der Waals surface area contributed by atoms with Crippen molar-refractivity contribution in [3.8, 4) is 67.5 Å². The van der Waals surface area contributed by atoms with Crippen LogP contribution in [-0.2, 0) is 26.5 Å². The number of nitrogens with zero attached hydrogens (tertiary/aromatic N) is 3. The molecule has 6 aromatic carbocycles. The number of pyridine rings is 1. The molecule has 60 heavy (non-hydrogen) atoms. The molecule has 0 saturated carbocycles. The quantitative estimate of drug-likeness (QED) is 0.147. The molecule has 0 fully saturated rings. The fraction of sp³-hybridized carbons (Fsp3) is 0.236. The molecule has 8 aromatic rings. The third-order valence-corrected chi connectivity index (χ3v) is 11.4. The molecule has 0 bridgehead atoms. The molecular formula is C55H54N3OPt-. The minimum absolute atomic E-state index is 0. The fourth-order valence-electron chi connectivity index (χ4n) is 8.01. The molecule has 0 unspecified atom stereocenters. The van der Waals surface area contributed by atoms with Crippen LogP contribution in [0.15, 0.2) is 140 Å². The third kappa shape index (κ3) is 8.28. The van der Waals surface area contributed by atoms with Crippen LogP contribution in [-0.4, -0.2) is 19.6 Å². The van der Waals surface area contributed by atoms with E-state index in [1.54, 1.807) is 0 Å². The standard InChI is InChI=1S/C55H54N3O.Pt/c1-34(2)40-30-48(36(5)6)53(59)49(31-40)54-57-52-46(21-16-22-51(52)58(54)44-23-24-45(47(33-44)35(3)4)38-19-14-11-15-20-38)41-27-42(29-43(28-41)55(7,8)9)50-32-39(25-26-56-50)37-17-12-10-13-18-37;/h10-26,28-36,59H,1-9H3;/q-1;/i35D;. The van der Waals surface area contributed by atoms with Crippen LogP contribution in [0.4, 0.5) is 0 Å². The Morgan fingerprint density at radius 2 is 1.32 bits per heavy atom. The minimum Gasteiger partial charge on any atom is -0.507 e. The first kappa shape index (κ1) is 41.2. The molecule has 8 rings (SSSR count). The van der Waals surface area contributed by atoms with E-state index in [0.29, 0.717) is 11.4 Å². The molecule has 0 aliphatic heterocycles. The number of benzene rings is 6. The maximum Gasteiger partial charge on any atom is 0.148 e. The minimum atomic E-state index is -0.905. The van der Waals surface area contributed by atoms with Crippen LogP contribution in [0.2, 0.25) is 0 Å². The van der Waals surface area contributed by atoms with Crippen LogP contribution >= 0.6 is 0 Å².